The summed E-state index contributed by atoms with van der Waals surface area (Å²) in [5, 5.41) is 8.66. The maximum absolute atomic E-state index is 10.5. The third-order valence-electron chi connectivity index (χ3n) is 2.19. The van der Waals surface area contributed by atoms with Gasteiger partial charge in [0.1, 0.15) is 0 Å². The molecular weight excluding hydrogens is 191 g/mol. The van der Waals surface area contributed by atoms with Crippen LogP contribution in [0.25, 0.3) is 0 Å². The predicted molar refractivity (Wildman–Crippen MR) is 41.9 cm³/mol. The van der Waals surface area contributed by atoms with Gasteiger partial charge in [0.05, 0.1) is 0 Å². The van der Waals surface area contributed by atoms with E-state index in [0.717, 1.165) is 12.8 Å². The third kappa shape index (κ3) is 1.76. The Morgan fingerprint density at radius 1 is 1.50 bits per heavy atom. The fourth-order valence-corrected chi connectivity index (χ4v) is 2.33. The van der Waals surface area contributed by atoms with Crippen LogP contribution in [0.1, 0.15) is 25.7 Å². The second-order valence-electron chi connectivity index (χ2n) is 2.91. The molecule has 1 rings (SSSR count). The molecule has 0 saturated heterocycles. The number of aliphatic carboxylic acids is 1. The SMILES string of the molecule is O=C(O)C([AsH2])C1CCCC1. The summed E-state index contributed by atoms with van der Waals surface area (Å²) in [5.41, 5.74) is 0. The molecule has 0 aliphatic heterocycles. The van der Waals surface area contributed by atoms with Gasteiger partial charge in [-0.05, 0) is 0 Å². The van der Waals surface area contributed by atoms with Gasteiger partial charge in [-0.25, -0.2) is 0 Å². The average Bonchev–Trinajstić information content (AvgIpc) is 2.36. The molecule has 0 heterocycles. The Morgan fingerprint density at radius 3 is 2.40 bits per heavy atom. The first-order chi connectivity index (χ1) is 4.72. The number of hydrogen-bond acceptors (Lipinski definition) is 1. The molecule has 3 heteroatoms. The van der Waals surface area contributed by atoms with Gasteiger partial charge in [-0.3, -0.25) is 0 Å². The molecule has 0 aromatic carbocycles. The second-order valence-corrected chi connectivity index (χ2v) is 4.42. The molecule has 0 bridgehead atoms. The van der Waals surface area contributed by atoms with Crippen molar-refractivity contribution in [3.63, 3.8) is 0 Å². The molecular formula is C7H13AsO2. The van der Waals surface area contributed by atoms with Crippen LogP contribution in [0.15, 0.2) is 0 Å². The molecule has 2 unspecified atom stereocenters. The predicted octanol–water partition coefficient (Wildman–Crippen LogP) is 0.683. The van der Waals surface area contributed by atoms with E-state index in [-0.39, 0.29) is 4.71 Å². The fraction of sp³-hybridized carbons (Fsp3) is 0.857. The number of carboxylic acids is 1. The van der Waals surface area contributed by atoms with Crippen LogP contribution >= 0.6 is 0 Å². The zero-order valence-electron chi connectivity index (χ0n) is 5.92. The van der Waals surface area contributed by atoms with Gasteiger partial charge in [0.2, 0.25) is 0 Å². The van der Waals surface area contributed by atoms with E-state index < -0.39 is 5.97 Å². The van der Waals surface area contributed by atoms with Crippen LogP contribution in [0.4, 0.5) is 0 Å². The van der Waals surface area contributed by atoms with Crippen LogP contribution in [0.5, 0.6) is 0 Å². The summed E-state index contributed by atoms with van der Waals surface area (Å²) >= 11 is 1.37. The molecule has 0 spiro atoms. The van der Waals surface area contributed by atoms with Crippen molar-refractivity contribution in [3.05, 3.63) is 0 Å². The Bertz CT molecular complexity index is 130. The Kier molecular flexibility index (Phi) is 2.79. The van der Waals surface area contributed by atoms with Gasteiger partial charge in [-0.15, -0.1) is 0 Å². The van der Waals surface area contributed by atoms with Gasteiger partial charge in [-0.1, -0.05) is 0 Å². The zero-order chi connectivity index (χ0) is 7.56. The molecule has 1 aliphatic carbocycles. The Morgan fingerprint density at radius 2 is 2.00 bits per heavy atom. The van der Waals surface area contributed by atoms with Crippen LogP contribution in [-0.4, -0.2) is 27.9 Å². The van der Waals surface area contributed by atoms with Gasteiger partial charge in [-0.2, -0.15) is 0 Å². The van der Waals surface area contributed by atoms with Crippen molar-refractivity contribution in [2.24, 2.45) is 5.92 Å². The number of hydrogen-bond donors (Lipinski definition) is 1. The van der Waals surface area contributed by atoms with Gasteiger partial charge in [0, 0.05) is 0 Å². The quantitative estimate of drug-likeness (QED) is 0.671. The molecule has 1 N–H and O–H groups in total. The van der Waals surface area contributed by atoms with Crippen LogP contribution in [0, 0.1) is 5.92 Å². The van der Waals surface area contributed by atoms with Crippen LogP contribution in [-0.2, 0) is 4.79 Å². The monoisotopic (exact) mass is 204 g/mol. The normalized spacial score (nSPS) is 22.9. The van der Waals surface area contributed by atoms with E-state index in [0.29, 0.717) is 5.92 Å². The molecule has 2 atom stereocenters. The van der Waals surface area contributed by atoms with Gasteiger partial charge < -0.3 is 0 Å². The van der Waals surface area contributed by atoms with Gasteiger partial charge in [0.15, 0.2) is 0 Å². The average molecular weight is 204 g/mol. The molecule has 0 aromatic rings. The molecule has 0 aromatic heterocycles. The Labute approximate surface area is 69.5 Å². The number of rotatable bonds is 2. The molecule has 0 radical (unpaired) electrons. The second kappa shape index (κ2) is 3.43. The van der Waals surface area contributed by atoms with Crippen molar-refractivity contribution in [1.29, 1.82) is 0 Å². The number of carboxylic acid groups (broad SMARTS) is 1. The van der Waals surface area contributed by atoms with E-state index in [4.69, 9.17) is 5.11 Å². The van der Waals surface area contributed by atoms with Crippen LogP contribution in [0.2, 0.25) is 4.71 Å². The standard InChI is InChI=1S/C7H13AsO2/c8-6(7(9)10)5-3-1-2-4-5/h5-6H,1-4,8H2,(H,9,10). The minimum atomic E-state index is -0.605. The van der Waals surface area contributed by atoms with Crippen molar-refractivity contribution in [2.45, 2.75) is 30.4 Å². The Hall–Kier alpha value is 0.0284. The van der Waals surface area contributed by atoms with E-state index >= 15 is 0 Å². The molecule has 1 saturated carbocycles. The summed E-state index contributed by atoms with van der Waals surface area (Å²) in [6, 6.07) is 0. The first-order valence-electron chi connectivity index (χ1n) is 3.70. The summed E-state index contributed by atoms with van der Waals surface area (Å²) in [6.45, 7) is 0. The molecule has 2 nitrogen and oxygen atoms in total. The first-order valence-corrected chi connectivity index (χ1v) is 5.10. The van der Waals surface area contributed by atoms with Crippen molar-refractivity contribution < 1.29 is 9.90 Å². The van der Waals surface area contributed by atoms with E-state index in [1.807, 2.05) is 0 Å². The van der Waals surface area contributed by atoms with Gasteiger partial charge in [0.25, 0.3) is 0 Å². The summed E-state index contributed by atoms with van der Waals surface area (Å²) in [7, 11) is 0. The molecule has 0 amide bonds. The summed E-state index contributed by atoms with van der Waals surface area (Å²) < 4.78 is -0.0602. The third-order valence-corrected chi connectivity index (χ3v) is 3.93. The Balaban J connectivity index is 2.39. The molecule has 1 aliphatic rings. The van der Waals surface area contributed by atoms with Crippen molar-refractivity contribution in [3.8, 4) is 0 Å². The van der Waals surface area contributed by atoms with Crippen LogP contribution in [0.3, 0.4) is 0 Å². The topological polar surface area (TPSA) is 37.3 Å². The van der Waals surface area contributed by atoms with Crippen molar-refractivity contribution in [1.82, 2.24) is 0 Å². The van der Waals surface area contributed by atoms with E-state index in [1.54, 1.807) is 0 Å². The van der Waals surface area contributed by atoms with Gasteiger partial charge >= 0.3 is 69.0 Å². The first kappa shape index (κ1) is 8.13. The van der Waals surface area contributed by atoms with Crippen molar-refractivity contribution in [2.75, 3.05) is 0 Å². The fourth-order valence-electron chi connectivity index (χ4n) is 1.52. The summed E-state index contributed by atoms with van der Waals surface area (Å²) in [6.07, 6.45) is 4.74. The summed E-state index contributed by atoms with van der Waals surface area (Å²) in [5.74, 6) is -0.121. The van der Waals surface area contributed by atoms with Crippen LogP contribution < -0.4 is 0 Å². The molecule has 1 fully saturated rings. The molecule has 10 heavy (non-hydrogen) atoms. The minimum absolute atomic E-state index is 0.0602. The van der Waals surface area contributed by atoms with Crippen molar-refractivity contribution >= 4 is 22.8 Å². The van der Waals surface area contributed by atoms with E-state index in [1.165, 1.54) is 29.7 Å². The maximum atomic E-state index is 10.5. The summed E-state index contributed by atoms with van der Waals surface area (Å²) in [4.78, 5) is 10.5. The molecule has 58 valence electrons. The van der Waals surface area contributed by atoms with E-state index in [2.05, 4.69) is 0 Å². The number of carbonyl (C=O) groups is 1. The zero-order valence-corrected chi connectivity index (χ0v) is 8.34. The van der Waals surface area contributed by atoms with E-state index in [9.17, 15) is 4.79 Å².